The lowest BCUT2D eigenvalue weighted by Crippen LogP contribution is -2.53. The number of ether oxygens (including phenoxy) is 1. The number of benzene rings is 3. The summed E-state index contributed by atoms with van der Waals surface area (Å²) in [7, 11) is -1.28. The fourth-order valence-electron chi connectivity index (χ4n) is 3.27. The Morgan fingerprint density at radius 3 is 2.28 bits per heavy atom. The molecule has 3 aromatic rings. The molecule has 12 heteroatoms. The van der Waals surface area contributed by atoms with Crippen LogP contribution in [0.25, 0.3) is 0 Å². The largest absolute Gasteiger partial charge is 0.497 e. The van der Waals surface area contributed by atoms with Gasteiger partial charge in [-0.25, -0.2) is 9.52 Å². The van der Waals surface area contributed by atoms with E-state index in [-0.39, 0.29) is 17.1 Å². The Morgan fingerprint density at radius 2 is 1.67 bits per heavy atom. The van der Waals surface area contributed by atoms with Crippen LogP contribution in [0.5, 0.6) is 5.75 Å². The molecule has 36 heavy (non-hydrogen) atoms. The van der Waals surface area contributed by atoms with Crippen LogP contribution < -0.4 is 24.4 Å². The van der Waals surface area contributed by atoms with E-state index in [9.17, 15) is 18.0 Å². The van der Waals surface area contributed by atoms with E-state index in [1.165, 1.54) is 30.2 Å². The topological polar surface area (TPSA) is 117 Å². The van der Waals surface area contributed by atoms with Crippen molar-refractivity contribution in [2.45, 2.75) is 12.5 Å². The van der Waals surface area contributed by atoms with Crippen LogP contribution in [-0.4, -0.2) is 40.6 Å². The molecular weight excluding hydrogens is 527 g/mol. The van der Waals surface area contributed by atoms with E-state index in [0.717, 1.165) is 5.56 Å². The first kappa shape index (κ1) is 27.1. The highest BCUT2D eigenvalue weighted by Gasteiger charge is 2.27. The first-order chi connectivity index (χ1) is 17.1. The van der Waals surface area contributed by atoms with Crippen molar-refractivity contribution in [1.29, 1.82) is 0 Å². The summed E-state index contributed by atoms with van der Waals surface area (Å²) in [5.41, 5.74) is 1.36. The zero-order valence-electron chi connectivity index (χ0n) is 19.4. The van der Waals surface area contributed by atoms with Crippen molar-refractivity contribution >= 4 is 56.7 Å². The van der Waals surface area contributed by atoms with Gasteiger partial charge in [0.1, 0.15) is 11.8 Å². The molecule has 0 fully saturated rings. The molecule has 1 atom stereocenters. The predicted molar refractivity (Wildman–Crippen MR) is 141 cm³/mol. The van der Waals surface area contributed by atoms with Crippen molar-refractivity contribution in [3.05, 3.63) is 88.4 Å². The normalized spacial score (nSPS) is 11.8. The van der Waals surface area contributed by atoms with Gasteiger partial charge in [-0.15, -0.1) is 0 Å². The molecule has 0 aliphatic heterocycles. The number of methoxy groups -OCH3 is 1. The summed E-state index contributed by atoms with van der Waals surface area (Å²) in [6.07, 6.45) is 0.129. The Morgan fingerprint density at radius 1 is 1.00 bits per heavy atom. The zero-order chi connectivity index (χ0) is 26.3. The minimum atomic E-state index is -4.37. The van der Waals surface area contributed by atoms with E-state index in [0.29, 0.717) is 16.5 Å². The van der Waals surface area contributed by atoms with Gasteiger partial charge in [0.25, 0.3) is 0 Å². The molecule has 1 unspecified atom stereocenters. The van der Waals surface area contributed by atoms with Gasteiger partial charge >= 0.3 is 16.2 Å². The van der Waals surface area contributed by atoms with Crippen molar-refractivity contribution in [2.75, 3.05) is 23.8 Å². The smallest absolute Gasteiger partial charge is 0.330 e. The lowest BCUT2D eigenvalue weighted by Gasteiger charge is -2.25. The third kappa shape index (κ3) is 7.51. The molecule has 3 N–H and O–H groups in total. The molecule has 3 rings (SSSR count). The van der Waals surface area contributed by atoms with Crippen molar-refractivity contribution in [3.8, 4) is 5.75 Å². The monoisotopic (exact) mass is 550 g/mol. The van der Waals surface area contributed by atoms with E-state index in [1.54, 1.807) is 55.6 Å². The zero-order valence-corrected chi connectivity index (χ0v) is 21.7. The minimum absolute atomic E-state index is 0.0255. The molecule has 0 spiro atoms. The van der Waals surface area contributed by atoms with E-state index in [4.69, 9.17) is 27.9 Å². The van der Waals surface area contributed by atoms with E-state index in [2.05, 4.69) is 10.0 Å². The molecule has 0 saturated carbocycles. The van der Waals surface area contributed by atoms with Gasteiger partial charge in [-0.1, -0.05) is 53.5 Å². The Bertz CT molecular complexity index is 1320. The molecule has 0 bridgehead atoms. The van der Waals surface area contributed by atoms with Crippen molar-refractivity contribution < 1.29 is 22.7 Å². The number of anilines is 2. The number of urea groups is 1. The Hall–Kier alpha value is -3.47. The van der Waals surface area contributed by atoms with Crippen LogP contribution in [0, 0.1) is 0 Å². The van der Waals surface area contributed by atoms with Gasteiger partial charge in [-0.05, 0) is 48.0 Å². The number of nitrogens with zero attached hydrogens (tertiary/aromatic N) is 1. The quantitative estimate of drug-likeness (QED) is 0.368. The summed E-state index contributed by atoms with van der Waals surface area (Å²) in [5.74, 6) is 0.168. The number of hydrogen-bond donors (Lipinski definition) is 3. The number of rotatable bonds is 9. The first-order valence-corrected chi connectivity index (χ1v) is 12.8. The predicted octanol–water partition coefficient (Wildman–Crippen LogP) is 4.23. The molecule has 190 valence electrons. The van der Waals surface area contributed by atoms with E-state index >= 15 is 0 Å². The summed E-state index contributed by atoms with van der Waals surface area (Å²) >= 11 is 11.8. The highest BCUT2D eigenvalue weighted by Crippen LogP contribution is 2.26. The molecule has 0 saturated heterocycles. The van der Waals surface area contributed by atoms with Gasteiger partial charge in [-0.2, -0.15) is 8.42 Å². The Kier molecular flexibility index (Phi) is 9.03. The van der Waals surface area contributed by atoms with Gasteiger partial charge in [-0.3, -0.25) is 9.52 Å². The van der Waals surface area contributed by atoms with Crippen LogP contribution in [0.1, 0.15) is 5.56 Å². The lowest BCUT2D eigenvalue weighted by molar-refractivity contribution is -0.120. The van der Waals surface area contributed by atoms with Crippen molar-refractivity contribution in [2.24, 2.45) is 0 Å². The number of carbonyl (C=O) groups excluding carboxylic acids is 2. The van der Waals surface area contributed by atoms with Crippen molar-refractivity contribution in [3.63, 3.8) is 0 Å². The maximum atomic E-state index is 13.3. The Balaban J connectivity index is 1.76. The van der Waals surface area contributed by atoms with Crippen LogP contribution in [0.2, 0.25) is 10.0 Å². The molecule has 0 aliphatic carbocycles. The molecule has 0 radical (unpaired) electrons. The summed E-state index contributed by atoms with van der Waals surface area (Å²) in [6, 6.07) is 17.8. The number of likely N-dealkylation sites (N-methyl/N-ethyl adjacent to an activating group) is 1. The summed E-state index contributed by atoms with van der Waals surface area (Å²) < 4.78 is 34.1. The summed E-state index contributed by atoms with van der Waals surface area (Å²) in [5, 5.41) is 2.83. The van der Waals surface area contributed by atoms with Gasteiger partial charge in [0.05, 0.1) is 17.8 Å². The molecule has 0 aromatic heterocycles. The van der Waals surface area contributed by atoms with Crippen LogP contribution in [0.4, 0.5) is 16.2 Å². The van der Waals surface area contributed by atoms with E-state index < -0.39 is 28.2 Å². The fourth-order valence-corrected chi connectivity index (χ4v) is 4.60. The maximum Gasteiger partial charge on any atom is 0.330 e. The first-order valence-electron chi connectivity index (χ1n) is 10.6. The molecular formula is C24H24Cl2N4O5S. The third-order valence-corrected chi connectivity index (χ3v) is 6.57. The second-order valence-corrected chi connectivity index (χ2v) is 9.90. The number of halogens is 2. The molecule has 9 nitrogen and oxygen atoms in total. The summed E-state index contributed by atoms with van der Waals surface area (Å²) in [6.45, 7) is 0. The molecule has 0 aliphatic rings. The van der Waals surface area contributed by atoms with Crippen LogP contribution in [-0.2, 0) is 21.4 Å². The number of hydrogen-bond acceptors (Lipinski definition) is 5. The van der Waals surface area contributed by atoms with Crippen LogP contribution >= 0.6 is 23.2 Å². The SMILES string of the molecule is COc1ccc(N(C)C(=O)C(Cc2ccccc2)NC(=O)NS(=O)(=O)Nc2ccc(Cl)cc2Cl)cc1. The second kappa shape index (κ2) is 12.0. The van der Waals surface area contributed by atoms with Crippen LogP contribution in [0.3, 0.4) is 0 Å². The maximum absolute atomic E-state index is 13.3. The molecule has 3 aromatic carbocycles. The van der Waals surface area contributed by atoms with E-state index in [1.807, 2.05) is 10.8 Å². The third-order valence-electron chi connectivity index (χ3n) is 5.08. The molecule has 0 heterocycles. The van der Waals surface area contributed by atoms with Crippen molar-refractivity contribution in [1.82, 2.24) is 10.0 Å². The van der Waals surface area contributed by atoms with Gasteiger partial charge in [0.2, 0.25) is 5.91 Å². The van der Waals surface area contributed by atoms with Gasteiger partial charge < -0.3 is 15.0 Å². The number of nitrogens with one attached hydrogen (secondary N) is 3. The van der Waals surface area contributed by atoms with Gasteiger partial charge in [0, 0.05) is 24.2 Å². The highest BCUT2D eigenvalue weighted by atomic mass is 35.5. The minimum Gasteiger partial charge on any atom is -0.497 e. The standard InChI is InChI=1S/C24H24Cl2N4O5S/c1-30(18-9-11-19(35-2)12-10-18)23(31)22(14-16-6-4-3-5-7-16)27-24(32)29-36(33,34)28-21-13-8-17(25)15-20(21)26/h3-13,15,22,28H,14H2,1-2H3,(H2,27,29,32). The lowest BCUT2D eigenvalue weighted by atomic mass is 10.0. The fraction of sp³-hybridized carbons (Fsp3) is 0.167. The average molecular weight is 551 g/mol. The highest BCUT2D eigenvalue weighted by molar-refractivity contribution is 7.91. The van der Waals surface area contributed by atoms with Crippen LogP contribution in [0.15, 0.2) is 72.8 Å². The molecule has 3 amide bonds. The second-order valence-electron chi connectivity index (χ2n) is 7.64. The van der Waals surface area contributed by atoms with Gasteiger partial charge in [0.15, 0.2) is 0 Å². The Labute approximate surface area is 219 Å². The number of amides is 3. The average Bonchev–Trinajstić information content (AvgIpc) is 2.84. The summed E-state index contributed by atoms with van der Waals surface area (Å²) in [4.78, 5) is 27.3. The number of carbonyl (C=O) groups is 2.